The molecule has 0 aliphatic rings. The summed E-state index contributed by atoms with van der Waals surface area (Å²) in [6, 6.07) is 6.35. The first-order valence-corrected chi connectivity index (χ1v) is 7.64. The average Bonchev–Trinajstić information content (AvgIpc) is 2.40. The smallest absolute Gasteiger partial charge is 0.0462 e. The summed E-state index contributed by atoms with van der Waals surface area (Å²) in [6.07, 6.45) is 12.4. The standard InChI is InChI=1S/C17H29N/c1-4-6-9-13-17(3,14-10-7-5-2)16-12-8-11-15-18-16/h8,11-12,15H,4-7,9-10,13-14H2,1-3H3. The number of nitrogens with zero attached hydrogens (tertiary/aromatic N) is 1. The number of rotatable bonds is 9. The minimum atomic E-state index is 0.283. The fourth-order valence-electron chi connectivity index (χ4n) is 2.63. The zero-order chi connectivity index (χ0) is 13.3. The summed E-state index contributed by atoms with van der Waals surface area (Å²) >= 11 is 0. The topological polar surface area (TPSA) is 12.9 Å². The molecule has 0 fully saturated rings. The van der Waals surface area contributed by atoms with Crippen LogP contribution in [0.1, 0.15) is 77.8 Å². The number of hydrogen-bond acceptors (Lipinski definition) is 1. The van der Waals surface area contributed by atoms with Gasteiger partial charge in [-0.05, 0) is 25.0 Å². The highest BCUT2D eigenvalue weighted by Gasteiger charge is 2.26. The molecular formula is C17H29N. The van der Waals surface area contributed by atoms with Gasteiger partial charge >= 0.3 is 0 Å². The first-order chi connectivity index (χ1) is 8.73. The molecule has 0 amide bonds. The van der Waals surface area contributed by atoms with Crippen LogP contribution in [0.3, 0.4) is 0 Å². The minimum absolute atomic E-state index is 0.283. The SMILES string of the molecule is CCCCCC(C)(CCCCC)c1ccccn1. The summed E-state index contributed by atoms with van der Waals surface area (Å²) in [7, 11) is 0. The van der Waals surface area contributed by atoms with Crippen molar-refractivity contribution in [1.29, 1.82) is 0 Å². The van der Waals surface area contributed by atoms with Gasteiger partial charge in [0, 0.05) is 17.3 Å². The lowest BCUT2D eigenvalue weighted by atomic mass is 9.77. The largest absolute Gasteiger partial charge is 0.261 e. The van der Waals surface area contributed by atoms with Gasteiger partial charge in [0.15, 0.2) is 0 Å². The molecule has 0 bridgehead atoms. The molecule has 0 radical (unpaired) electrons. The van der Waals surface area contributed by atoms with Gasteiger partial charge in [0.2, 0.25) is 0 Å². The van der Waals surface area contributed by atoms with Crippen LogP contribution in [0, 0.1) is 0 Å². The van der Waals surface area contributed by atoms with Gasteiger partial charge in [0.05, 0.1) is 0 Å². The highest BCUT2D eigenvalue weighted by molar-refractivity contribution is 5.15. The third kappa shape index (κ3) is 4.80. The fourth-order valence-corrected chi connectivity index (χ4v) is 2.63. The van der Waals surface area contributed by atoms with Gasteiger partial charge < -0.3 is 0 Å². The predicted octanol–water partition coefficient (Wildman–Crippen LogP) is 5.50. The van der Waals surface area contributed by atoms with Crippen LogP contribution in [-0.4, -0.2) is 4.98 Å². The lowest BCUT2D eigenvalue weighted by molar-refractivity contribution is 0.358. The number of pyridine rings is 1. The molecule has 0 aliphatic carbocycles. The van der Waals surface area contributed by atoms with E-state index >= 15 is 0 Å². The lowest BCUT2D eigenvalue weighted by Gasteiger charge is -2.29. The summed E-state index contributed by atoms with van der Waals surface area (Å²) in [4.78, 5) is 4.61. The van der Waals surface area contributed by atoms with E-state index in [0.29, 0.717) is 0 Å². The molecule has 0 atom stereocenters. The van der Waals surface area contributed by atoms with Crippen molar-refractivity contribution in [3.8, 4) is 0 Å². The van der Waals surface area contributed by atoms with E-state index in [1.807, 2.05) is 12.3 Å². The van der Waals surface area contributed by atoms with Crippen molar-refractivity contribution in [2.75, 3.05) is 0 Å². The molecule has 0 aromatic carbocycles. The van der Waals surface area contributed by atoms with Crippen molar-refractivity contribution < 1.29 is 0 Å². The Hall–Kier alpha value is -0.850. The fraction of sp³-hybridized carbons (Fsp3) is 0.706. The summed E-state index contributed by atoms with van der Waals surface area (Å²) in [5, 5.41) is 0. The van der Waals surface area contributed by atoms with Crippen LogP contribution in [0.25, 0.3) is 0 Å². The van der Waals surface area contributed by atoms with Gasteiger partial charge in [-0.15, -0.1) is 0 Å². The molecule has 102 valence electrons. The Bertz CT molecular complexity index is 295. The molecule has 1 aromatic heterocycles. The first-order valence-electron chi connectivity index (χ1n) is 7.64. The van der Waals surface area contributed by atoms with Gasteiger partial charge in [-0.2, -0.15) is 0 Å². The van der Waals surface area contributed by atoms with Crippen LogP contribution >= 0.6 is 0 Å². The monoisotopic (exact) mass is 247 g/mol. The molecule has 1 heterocycles. The summed E-state index contributed by atoms with van der Waals surface area (Å²) < 4.78 is 0. The average molecular weight is 247 g/mol. The van der Waals surface area contributed by atoms with E-state index in [1.165, 1.54) is 57.1 Å². The first kappa shape index (κ1) is 15.2. The van der Waals surface area contributed by atoms with Crippen LogP contribution < -0.4 is 0 Å². The van der Waals surface area contributed by atoms with Crippen LogP contribution in [0.2, 0.25) is 0 Å². The molecule has 0 spiro atoms. The van der Waals surface area contributed by atoms with Gasteiger partial charge in [-0.3, -0.25) is 4.98 Å². The summed E-state index contributed by atoms with van der Waals surface area (Å²) in [6.45, 7) is 6.95. The maximum Gasteiger partial charge on any atom is 0.0462 e. The van der Waals surface area contributed by atoms with E-state index < -0.39 is 0 Å². The van der Waals surface area contributed by atoms with E-state index in [2.05, 4.69) is 37.9 Å². The number of hydrogen-bond donors (Lipinski definition) is 0. The van der Waals surface area contributed by atoms with E-state index in [1.54, 1.807) is 0 Å². The summed E-state index contributed by atoms with van der Waals surface area (Å²) in [5.74, 6) is 0. The number of unbranched alkanes of at least 4 members (excludes halogenated alkanes) is 4. The molecule has 0 saturated heterocycles. The molecule has 1 heteroatoms. The van der Waals surface area contributed by atoms with Crippen molar-refractivity contribution in [1.82, 2.24) is 4.98 Å². The molecule has 0 aliphatic heterocycles. The molecule has 18 heavy (non-hydrogen) atoms. The van der Waals surface area contributed by atoms with E-state index in [4.69, 9.17) is 0 Å². The Labute approximate surface area is 113 Å². The molecule has 1 nitrogen and oxygen atoms in total. The molecule has 0 N–H and O–H groups in total. The van der Waals surface area contributed by atoms with Crippen molar-refractivity contribution in [3.05, 3.63) is 30.1 Å². The molecule has 0 unspecified atom stereocenters. The highest BCUT2D eigenvalue weighted by Crippen LogP contribution is 2.33. The van der Waals surface area contributed by atoms with Crippen LogP contribution in [0.5, 0.6) is 0 Å². The molecule has 1 aromatic rings. The molecular weight excluding hydrogens is 218 g/mol. The van der Waals surface area contributed by atoms with Crippen LogP contribution in [0.4, 0.5) is 0 Å². The quantitative estimate of drug-likeness (QED) is 0.525. The minimum Gasteiger partial charge on any atom is -0.261 e. The number of aromatic nitrogens is 1. The third-order valence-corrected chi connectivity index (χ3v) is 3.95. The van der Waals surface area contributed by atoms with Gasteiger partial charge in [-0.1, -0.05) is 65.4 Å². The predicted molar refractivity (Wildman–Crippen MR) is 79.9 cm³/mol. The van der Waals surface area contributed by atoms with Crippen molar-refractivity contribution in [2.45, 2.75) is 77.6 Å². The van der Waals surface area contributed by atoms with Gasteiger partial charge in [0.1, 0.15) is 0 Å². The third-order valence-electron chi connectivity index (χ3n) is 3.95. The Morgan fingerprint density at radius 3 is 2.00 bits per heavy atom. The Kier molecular flexibility index (Phi) is 7.00. The Morgan fingerprint density at radius 2 is 1.56 bits per heavy atom. The van der Waals surface area contributed by atoms with E-state index in [0.717, 1.165) is 0 Å². The Balaban J connectivity index is 2.67. The van der Waals surface area contributed by atoms with E-state index in [-0.39, 0.29) is 5.41 Å². The maximum absolute atomic E-state index is 4.61. The van der Waals surface area contributed by atoms with Gasteiger partial charge in [0.25, 0.3) is 0 Å². The second-order valence-electron chi connectivity index (χ2n) is 5.69. The van der Waals surface area contributed by atoms with Crippen molar-refractivity contribution in [2.24, 2.45) is 0 Å². The normalized spacial score (nSPS) is 11.7. The van der Waals surface area contributed by atoms with Crippen molar-refractivity contribution in [3.63, 3.8) is 0 Å². The highest BCUT2D eigenvalue weighted by atomic mass is 14.7. The second-order valence-corrected chi connectivity index (χ2v) is 5.69. The molecule has 1 rings (SSSR count). The molecule has 0 saturated carbocycles. The zero-order valence-electron chi connectivity index (χ0n) is 12.4. The van der Waals surface area contributed by atoms with Gasteiger partial charge in [-0.25, -0.2) is 0 Å². The van der Waals surface area contributed by atoms with Crippen LogP contribution in [-0.2, 0) is 5.41 Å². The lowest BCUT2D eigenvalue weighted by Crippen LogP contribution is -2.23. The van der Waals surface area contributed by atoms with E-state index in [9.17, 15) is 0 Å². The van der Waals surface area contributed by atoms with Crippen molar-refractivity contribution >= 4 is 0 Å². The second kappa shape index (κ2) is 8.29. The Morgan fingerprint density at radius 1 is 0.944 bits per heavy atom. The summed E-state index contributed by atoms with van der Waals surface area (Å²) in [5.41, 5.74) is 1.57. The maximum atomic E-state index is 4.61. The van der Waals surface area contributed by atoms with Crippen LogP contribution in [0.15, 0.2) is 24.4 Å². The zero-order valence-corrected chi connectivity index (χ0v) is 12.4.